The third-order valence-electron chi connectivity index (χ3n) is 4.64. The van der Waals surface area contributed by atoms with Crippen LogP contribution < -0.4 is 10.9 Å². The summed E-state index contributed by atoms with van der Waals surface area (Å²) in [5.74, 6) is -0.612. The molecule has 30 heavy (non-hydrogen) atoms. The highest BCUT2D eigenvalue weighted by Crippen LogP contribution is 2.27. The van der Waals surface area contributed by atoms with Gasteiger partial charge in [0.2, 0.25) is 5.56 Å². The van der Waals surface area contributed by atoms with Gasteiger partial charge in [-0.05, 0) is 53.0 Å². The summed E-state index contributed by atoms with van der Waals surface area (Å²) in [5.41, 5.74) is 2.15. The zero-order valence-corrected chi connectivity index (χ0v) is 17.6. The Hall–Kier alpha value is -3.13. The van der Waals surface area contributed by atoms with Gasteiger partial charge in [0.15, 0.2) is 5.82 Å². The highest BCUT2D eigenvalue weighted by molar-refractivity contribution is 9.10. The molecule has 2 aromatic carbocycles. The van der Waals surface area contributed by atoms with E-state index in [0.717, 1.165) is 28.6 Å². The number of hydrogen-bond acceptors (Lipinski definition) is 4. The van der Waals surface area contributed by atoms with E-state index in [4.69, 9.17) is 0 Å². The lowest BCUT2D eigenvalue weighted by Crippen LogP contribution is -2.12. The van der Waals surface area contributed by atoms with E-state index in [-0.39, 0.29) is 21.4 Å². The molecule has 0 saturated carbocycles. The lowest BCUT2D eigenvalue weighted by atomic mass is 10.1. The summed E-state index contributed by atoms with van der Waals surface area (Å²) in [4.78, 5) is 23.3. The molecule has 0 bridgehead atoms. The molecule has 0 spiro atoms. The molecule has 0 saturated heterocycles. The fourth-order valence-electron chi connectivity index (χ4n) is 3.28. The van der Waals surface area contributed by atoms with Gasteiger partial charge >= 0.3 is 0 Å². The second kappa shape index (κ2) is 8.31. The number of pyridine rings is 1. The number of H-pyrrole nitrogens is 1. The number of nitrogens with one attached hydrogen (secondary N) is 2. The van der Waals surface area contributed by atoms with E-state index < -0.39 is 11.6 Å². The number of para-hydroxylation sites is 1. The SMILES string of the molecule is Cc1cc(NCCc2cc(=O)[nH]c3ccccc23)nc(-c2cc(F)c(Br)cc2F)n1. The highest BCUT2D eigenvalue weighted by atomic mass is 79.9. The first kappa shape index (κ1) is 20.2. The summed E-state index contributed by atoms with van der Waals surface area (Å²) >= 11 is 2.97. The normalized spacial score (nSPS) is 11.1. The van der Waals surface area contributed by atoms with E-state index in [1.165, 1.54) is 0 Å². The Morgan fingerprint density at radius 1 is 1.07 bits per heavy atom. The minimum atomic E-state index is -0.616. The summed E-state index contributed by atoms with van der Waals surface area (Å²) in [5, 5.41) is 4.16. The van der Waals surface area contributed by atoms with Gasteiger partial charge in [-0.1, -0.05) is 18.2 Å². The van der Waals surface area contributed by atoms with Crippen molar-refractivity contribution < 1.29 is 8.78 Å². The first-order chi connectivity index (χ1) is 14.4. The Balaban J connectivity index is 1.57. The molecule has 2 N–H and O–H groups in total. The monoisotopic (exact) mass is 470 g/mol. The number of aryl methyl sites for hydroxylation is 1. The Morgan fingerprint density at radius 3 is 2.70 bits per heavy atom. The van der Waals surface area contributed by atoms with Crippen molar-refractivity contribution >= 4 is 32.7 Å². The van der Waals surface area contributed by atoms with Crippen molar-refractivity contribution in [3.05, 3.63) is 86.2 Å². The van der Waals surface area contributed by atoms with Crippen LogP contribution in [0, 0.1) is 18.6 Å². The lowest BCUT2D eigenvalue weighted by molar-refractivity contribution is 0.596. The number of anilines is 1. The van der Waals surface area contributed by atoms with Gasteiger partial charge in [0.05, 0.1) is 10.0 Å². The van der Waals surface area contributed by atoms with Crippen molar-refractivity contribution in [2.75, 3.05) is 11.9 Å². The summed E-state index contributed by atoms with van der Waals surface area (Å²) in [7, 11) is 0. The number of aromatic nitrogens is 3. The Bertz CT molecular complexity index is 1310. The van der Waals surface area contributed by atoms with E-state index in [2.05, 4.69) is 36.2 Å². The first-order valence-corrected chi connectivity index (χ1v) is 10.1. The summed E-state index contributed by atoms with van der Waals surface area (Å²) in [6.45, 7) is 2.26. The molecule has 0 aliphatic carbocycles. The van der Waals surface area contributed by atoms with Crippen molar-refractivity contribution in [2.45, 2.75) is 13.3 Å². The van der Waals surface area contributed by atoms with Gasteiger partial charge in [0, 0.05) is 35.3 Å². The number of nitrogens with zero attached hydrogens (tertiary/aromatic N) is 2. The summed E-state index contributed by atoms with van der Waals surface area (Å²) < 4.78 is 28.2. The molecule has 2 heterocycles. The molecule has 0 aliphatic rings. The van der Waals surface area contributed by atoms with Crippen molar-refractivity contribution in [1.82, 2.24) is 15.0 Å². The largest absolute Gasteiger partial charge is 0.370 e. The number of hydrogen-bond donors (Lipinski definition) is 2. The second-order valence-electron chi connectivity index (χ2n) is 6.85. The van der Waals surface area contributed by atoms with Crippen molar-refractivity contribution in [3.63, 3.8) is 0 Å². The Labute approximate surface area is 179 Å². The van der Waals surface area contributed by atoms with Crippen molar-refractivity contribution in [3.8, 4) is 11.4 Å². The van der Waals surface area contributed by atoms with Crippen LogP contribution in [0.2, 0.25) is 0 Å². The minimum Gasteiger partial charge on any atom is -0.370 e. The molecule has 2 aromatic heterocycles. The standard InChI is InChI=1S/C22H17BrF2N4O/c1-12-8-20(29-22(27-12)15-10-18(25)16(23)11-17(15)24)26-7-6-13-9-21(30)28-19-5-3-2-4-14(13)19/h2-5,8-11H,6-7H2,1H3,(H,28,30)(H,26,27,29). The zero-order chi connectivity index (χ0) is 21.3. The van der Waals surface area contributed by atoms with Crippen molar-refractivity contribution in [2.24, 2.45) is 0 Å². The first-order valence-electron chi connectivity index (χ1n) is 9.26. The average Bonchev–Trinajstić information content (AvgIpc) is 2.70. The number of benzene rings is 2. The molecule has 0 atom stereocenters. The van der Waals surface area contributed by atoms with Gasteiger partial charge in [0.1, 0.15) is 17.5 Å². The van der Waals surface area contributed by atoms with Crippen LogP contribution in [-0.2, 0) is 6.42 Å². The highest BCUT2D eigenvalue weighted by Gasteiger charge is 2.14. The Kier molecular flexibility index (Phi) is 5.59. The van der Waals surface area contributed by atoms with E-state index >= 15 is 0 Å². The fraction of sp³-hybridized carbons (Fsp3) is 0.136. The molecule has 4 rings (SSSR count). The Morgan fingerprint density at radius 2 is 1.87 bits per heavy atom. The predicted molar refractivity (Wildman–Crippen MR) is 117 cm³/mol. The molecule has 4 aromatic rings. The van der Waals surface area contributed by atoms with Crippen LogP contribution in [-0.4, -0.2) is 21.5 Å². The number of halogens is 3. The van der Waals surface area contributed by atoms with Crippen molar-refractivity contribution in [1.29, 1.82) is 0 Å². The molecule has 8 heteroatoms. The summed E-state index contributed by atoms with van der Waals surface area (Å²) in [6.07, 6.45) is 0.587. The molecule has 5 nitrogen and oxygen atoms in total. The second-order valence-corrected chi connectivity index (χ2v) is 7.70. The van der Waals surface area contributed by atoms with Crippen LogP contribution in [0.4, 0.5) is 14.6 Å². The van der Waals surface area contributed by atoms with Gasteiger partial charge < -0.3 is 10.3 Å². The van der Waals surface area contributed by atoms with Gasteiger partial charge in [-0.2, -0.15) is 0 Å². The molecule has 0 fully saturated rings. The van der Waals surface area contributed by atoms with Gasteiger partial charge in [-0.15, -0.1) is 0 Å². The van der Waals surface area contributed by atoms with Crippen LogP contribution in [0.25, 0.3) is 22.3 Å². The predicted octanol–water partition coefficient (Wildman–Crippen LogP) is 4.99. The number of fused-ring (bicyclic) bond motifs is 1. The molecule has 152 valence electrons. The minimum absolute atomic E-state index is 0.0111. The molecule has 0 amide bonds. The molecule has 0 unspecified atom stereocenters. The maximum Gasteiger partial charge on any atom is 0.248 e. The van der Waals surface area contributed by atoms with Gasteiger partial charge in [-0.3, -0.25) is 4.79 Å². The van der Waals surface area contributed by atoms with E-state index in [1.807, 2.05) is 24.3 Å². The smallest absolute Gasteiger partial charge is 0.248 e. The molecular weight excluding hydrogens is 454 g/mol. The fourth-order valence-corrected chi connectivity index (χ4v) is 3.60. The van der Waals surface area contributed by atoms with Gasteiger partial charge in [0.25, 0.3) is 0 Å². The van der Waals surface area contributed by atoms with Crippen LogP contribution in [0.5, 0.6) is 0 Å². The number of aromatic amines is 1. The van der Waals surface area contributed by atoms with Gasteiger partial charge in [-0.25, -0.2) is 18.7 Å². The topological polar surface area (TPSA) is 70.7 Å². The van der Waals surface area contributed by atoms with Crippen LogP contribution >= 0.6 is 15.9 Å². The van der Waals surface area contributed by atoms with Crippen LogP contribution in [0.15, 0.2) is 57.8 Å². The molecule has 0 aliphatic heterocycles. The molecular formula is C22H17BrF2N4O. The maximum absolute atomic E-state index is 14.3. The average molecular weight is 471 g/mol. The lowest BCUT2D eigenvalue weighted by Gasteiger charge is -2.11. The third kappa shape index (κ3) is 4.23. The van der Waals surface area contributed by atoms with E-state index in [0.29, 0.717) is 24.5 Å². The van der Waals surface area contributed by atoms with Crippen LogP contribution in [0.1, 0.15) is 11.3 Å². The van der Waals surface area contributed by atoms with Crippen LogP contribution in [0.3, 0.4) is 0 Å². The summed E-state index contributed by atoms with van der Waals surface area (Å²) in [6, 6.07) is 13.0. The van der Waals surface area contributed by atoms with E-state index in [1.54, 1.807) is 19.1 Å². The number of rotatable bonds is 5. The third-order valence-corrected chi connectivity index (χ3v) is 5.25. The molecule has 0 radical (unpaired) electrons. The zero-order valence-electron chi connectivity index (χ0n) is 16.0. The quantitative estimate of drug-likeness (QED) is 0.403. The van der Waals surface area contributed by atoms with E-state index in [9.17, 15) is 13.6 Å². The maximum atomic E-state index is 14.3.